The molecule has 7 heteroatoms. The minimum Gasteiger partial charge on any atom is -0.497 e. The monoisotopic (exact) mass is 436 g/mol. The summed E-state index contributed by atoms with van der Waals surface area (Å²) < 4.78 is 25.1. The summed E-state index contributed by atoms with van der Waals surface area (Å²) >= 11 is 0. The third-order valence-electron chi connectivity index (χ3n) is 5.10. The van der Waals surface area contributed by atoms with Crippen molar-refractivity contribution in [3.05, 3.63) is 66.5 Å². The van der Waals surface area contributed by atoms with Gasteiger partial charge in [0.25, 0.3) is 0 Å². The molecule has 1 aliphatic rings. The van der Waals surface area contributed by atoms with E-state index in [1.165, 1.54) is 6.07 Å². The number of allylic oxidation sites excluding steroid dienone is 1. The Morgan fingerprint density at radius 3 is 2.57 bits per heavy atom. The molecule has 164 valence electrons. The molecular formula is C23H30ClFN2O3. The molecule has 0 aliphatic carbocycles. The topological polar surface area (TPSA) is 45.2 Å². The van der Waals surface area contributed by atoms with E-state index in [4.69, 9.17) is 9.47 Å². The predicted octanol–water partition coefficient (Wildman–Crippen LogP) is 3.55. The molecule has 1 atom stereocenters. The second-order valence-corrected chi connectivity index (χ2v) is 7.17. The number of β-amino-alcohol motifs (C(OH)–C–C–N with tert-alkyl or cyclic N) is 1. The third kappa shape index (κ3) is 6.36. The van der Waals surface area contributed by atoms with Gasteiger partial charge in [-0.25, -0.2) is 4.39 Å². The first-order chi connectivity index (χ1) is 14.1. The molecule has 2 aromatic rings. The van der Waals surface area contributed by atoms with Crippen LogP contribution in [0, 0.1) is 5.82 Å². The standard InChI is InChI=1S/C23H29FN2O3.ClH/c1-3-6-18-15-20(28-2)9-10-23(18)29-17-19(27)16-25-11-13-26(14-12-25)22-8-5-4-7-21(22)24;/h3-5,7-10,15,19,27H,1,6,11-14,16-17H2,2H3;1H. The van der Waals surface area contributed by atoms with E-state index in [2.05, 4.69) is 11.5 Å². The lowest BCUT2D eigenvalue weighted by atomic mass is 10.1. The first-order valence-electron chi connectivity index (χ1n) is 9.91. The van der Waals surface area contributed by atoms with E-state index in [0.29, 0.717) is 18.7 Å². The lowest BCUT2D eigenvalue weighted by molar-refractivity contribution is 0.0659. The number of piperazine rings is 1. The van der Waals surface area contributed by atoms with Gasteiger partial charge in [-0.3, -0.25) is 4.90 Å². The van der Waals surface area contributed by atoms with Crippen LogP contribution < -0.4 is 14.4 Å². The highest BCUT2D eigenvalue weighted by Crippen LogP contribution is 2.25. The number of aliphatic hydroxyl groups is 1. The van der Waals surface area contributed by atoms with E-state index < -0.39 is 6.10 Å². The Kier molecular flexibility index (Phi) is 9.43. The second-order valence-electron chi connectivity index (χ2n) is 7.17. The summed E-state index contributed by atoms with van der Waals surface area (Å²) in [6.45, 7) is 7.53. The third-order valence-corrected chi connectivity index (χ3v) is 5.10. The molecule has 1 N–H and O–H groups in total. The molecule has 5 nitrogen and oxygen atoms in total. The summed E-state index contributed by atoms with van der Waals surface area (Å²) in [6.07, 6.45) is 1.88. The summed E-state index contributed by atoms with van der Waals surface area (Å²) in [7, 11) is 1.63. The van der Waals surface area contributed by atoms with Crippen molar-refractivity contribution in [2.75, 3.05) is 51.3 Å². The molecule has 0 radical (unpaired) electrons. The Labute approximate surface area is 184 Å². The molecule has 1 fully saturated rings. The van der Waals surface area contributed by atoms with Gasteiger partial charge >= 0.3 is 0 Å². The molecular weight excluding hydrogens is 407 g/mol. The number of anilines is 1. The highest BCUT2D eigenvalue weighted by Gasteiger charge is 2.21. The average molecular weight is 437 g/mol. The molecule has 1 aliphatic heterocycles. The largest absolute Gasteiger partial charge is 0.497 e. The van der Waals surface area contributed by atoms with Crippen LogP contribution in [0.5, 0.6) is 11.5 Å². The lowest BCUT2D eigenvalue weighted by Gasteiger charge is -2.37. The van der Waals surface area contributed by atoms with E-state index in [0.717, 1.165) is 43.2 Å². The molecule has 0 bridgehead atoms. The molecule has 30 heavy (non-hydrogen) atoms. The highest BCUT2D eigenvalue weighted by molar-refractivity contribution is 5.85. The van der Waals surface area contributed by atoms with Gasteiger partial charge in [-0.05, 0) is 36.8 Å². The van der Waals surface area contributed by atoms with Gasteiger partial charge in [-0.15, -0.1) is 19.0 Å². The van der Waals surface area contributed by atoms with Gasteiger partial charge in [0, 0.05) is 38.3 Å². The quantitative estimate of drug-likeness (QED) is 0.609. The van der Waals surface area contributed by atoms with Gasteiger partial charge in [0.05, 0.1) is 12.8 Å². The van der Waals surface area contributed by atoms with Crippen LogP contribution in [-0.4, -0.2) is 62.6 Å². The van der Waals surface area contributed by atoms with E-state index in [1.807, 2.05) is 41.3 Å². The van der Waals surface area contributed by atoms with Crippen molar-refractivity contribution in [1.82, 2.24) is 4.90 Å². The number of para-hydroxylation sites is 1. The fourth-order valence-corrected chi connectivity index (χ4v) is 3.55. The molecule has 0 amide bonds. The maximum absolute atomic E-state index is 14.0. The van der Waals surface area contributed by atoms with Crippen LogP contribution in [0.3, 0.4) is 0 Å². The molecule has 0 spiro atoms. The smallest absolute Gasteiger partial charge is 0.146 e. The zero-order chi connectivity index (χ0) is 20.6. The van der Waals surface area contributed by atoms with Crippen LogP contribution in [0.2, 0.25) is 0 Å². The normalized spacial score (nSPS) is 15.2. The first-order valence-corrected chi connectivity index (χ1v) is 9.91. The molecule has 1 heterocycles. The van der Waals surface area contributed by atoms with Crippen molar-refractivity contribution >= 4 is 18.1 Å². The first kappa shape index (κ1) is 24.0. The number of benzene rings is 2. The number of hydrogen-bond acceptors (Lipinski definition) is 5. The summed E-state index contributed by atoms with van der Waals surface area (Å²) in [4.78, 5) is 4.23. The van der Waals surface area contributed by atoms with E-state index in [9.17, 15) is 9.50 Å². The molecule has 3 rings (SSSR count). The summed E-state index contributed by atoms with van der Waals surface area (Å²) in [5.41, 5.74) is 1.62. The summed E-state index contributed by atoms with van der Waals surface area (Å²) in [5.74, 6) is 1.31. The van der Waals surface area contributed by atoms with Crippen molar-refractivity contribution in [2.45, 2.75) is 12.5 Å². The van der Waals surface area contributed by atoms with Gasteiger partial charge in [0.2, 0.25) is 0 Å². The van der Waals surface area contributed by atoms with Crippen LogP contribution in [-0.2, 0) is 6.42 Å². The van der Waals surface area contributed by atoms with Crippen molar-refractivity contribution < 1.29 is 19.0 Å². The molecule has 1 unspecified atom stereocenters. The van der Waals surface area contributed by atoms with Gasteiger partial charge in [-0.2, -0.15) is 0 Å². The number of nitrogens with zero attached hydrogens (tertiary/aromatic N) is 2. The molecule has 0 saturated carbocycles. The Hall–Kier alpha value is -2.28. The van der Waals surface area contributed by atoms with Crippen LogP contribution in [0.25, 0.3) is 0 Å². The predicted molar refractivity (Wildman–Crippen MR) is 121 cm³/mol. The van der Waals surface area contributed by atoms with Gasteiger partial charge in [-0.1, -0.05) is 18.2 Å². The minimum absolute atomic E-state index is 0. The Morgan fingerprint density at radius 1 is 1.17 bits per heavy atom. The SMILES string of the molecule is C=CCc1cc(OC)ccc1OCC(O)CN1CCN(c2ccccc2F)CC1.Cl. The van der Waals surface area contributed by atoms with Gasteiger partial charge in [0.15, 0.2) is 0 Å². The summed E-state index contributed by atoms with van der Waals surface area (Å²) in [6, 6.07) is 12.5. The number of hydrogen-bond donors (Lipinski definition) is 1. The van der Waals surface area contributed by atoms with Crippen LogP contribution in [0.1, 0.15) is 5.56 Å². The number of halogens is 2. The second kappa shape index (κ2) is 11.8. The van der Waals surface area contributed by atoms with Crippen molar-refractivity contribution in [1.29, 1.82) is 0 Å². The van der Waals surface area contributed by atoms with E-state index in [-0.39, 0.29) is 24.8 Å². The Morgan fingerprint density at radius 2 is 1.90 bits per heavy atom. The fourth-order valence-electron chi connectivity index (χ4n) is 3.55. The van der Waals surface area contributed by atoms with Crippen molar-refractivity contribution in [2.24, 2.45) is 0 Å². The molecule has 0 aromatic heterocycles. The van der Waals surface area contributed by atoms with Crippen LogP contribution in [0.4, 0.5) is 10.1 Å². The number of ether oxygens (including phenoxy) is 2. The highest BCUT2D eigenvalue weighted by atomic mass is 35.5. The fraction of sp³-hybridized carbons (Fsp3) is 0.391. The maximum atomic E-state index is 14.0. The maximum Gasteiger partial charge on any atom is 0.146 e. The van der Waals surface area contributed by atoms with E-state index in [1.54, 1.807) is 13.2 Å². The van der Waals surface area contributed by atoms with Gasteiger partial charge in [0.1, 0.15) is 30.0 Å². The van der Waals surface area contributed by atoms with Crippen LogP contribution >= 0.6 is 12.4 Å². The minimum atomic E-state index is -0.603. The van der Waals surface area contributed by atoms with Crippen LogP contribution in [0.15, 0.2) is 55.1 Å². The van der Waals surface area contributed by atoms with Crippen molar-refractivity contribution in [3.63, 3.8) is 0 Å². The Bertz CT molecular complexity index is 813. The molecule has 1 saturated heterocycles. The molecule has 2 aromatic carbocycles. The summed E-state index contributed by atoms with van der Waals surface area (Å²) in [5, 5.41) is 10.4. The van der Waals surface area contributed by atoms with Crippen molar-refractivity contribution in [3.8, 4) is 11.5 Å². The lowest BCUT2D eigenvalue weighted by Crippen LogP contribution is -2.49. The number of aliphatic hydroxyl groups excluding tert-OH is 1. The average Bonchev–Trinajstić information content (AvgIpc) is 2.74. The Balaban J connectivity index is 0.00000320. The van der Waals surface area contributed by atoms with E-state index >= 15 is 0 Å². The van der Waals surface area contributed by atoms with Gasteiger partial charge < -0.3 is 19.5 Å². The number of methoxy groups -OCH3 is 1. The zero-order valence-electron chi connectivity index (χ0n) is 17.3. The zero-order valence-corrected chi connectivity index (χ0v) is 18.1. The number of rotatable bonds is 9.